The summed E-state index contributed by atoms with van der Waals surface area (Å²) in [7, 11) is 0. The molecule has 0 bridgehead atoms. The largest absolute Gasteiger partial charge is 0.322 e. The van der Waals surface area contributed by atoms with Crippen LogP contribution in [0.2, 0.25) is 5.02 Å². The van der Waals surface area contributed by atoms with Crippen LogP contribution in [-0.4, -0.2) is 22.9 Å². The van der Waals surface area contributed by atoms with Crippen molar-refractivity contribution in [3.05, 3.63) is 112 Å². The molecule has 0 radical (unpaired) electrons. The Labute approximate surface area is 203 Å². The lowest BCUT2D eigenvalue weighted by molar-refractivity contribution is 0.0986. The van der Waals surface area contributed by atoms with E-state index in [1.54, 1.807) is 23.1 Å². The first-order valence-corrected chi connectivity index (χ1v) is 11.6. The summed E-state index contributed by atoms with van der Waals surface area (Å²) in [4.78, 5) is 28.2. The lowest BCUT2D eigenvalue weighted by Gasteiger charge is -2.23. The molecule has 6 heteroatoms. The minimum absolute atomic E-state index is 0.171. The van der Waals surface area contributed by atoms with E-state index in [2.05, 4.69) is 16.0 Å². The third kappa shape index (κ3) is 3.99. The number of halogens is 1. The van der Waals surface area contributed by atoms with E-state index < -0.39 is 0 Å². The van der Waals surface area contributed by atoms with Gasteiger partial charge in [-0.2, -0.15) is 0 Å². The second-order valence-corrected chi connectivity index (χ2v) is 8.94. The zero-order chi connectivity index (χ0) is 23.8. The Hall–Kier alpha value is -3.83. The molecule has 5 rings (SSSR count). The number of fused-ring (bicyclic) bond motifs is 3. The molecule has 1 aliphatic heterocycles. The van der Waals surface area contributed by atoms with Gasteiger partial charge in [0.15, 0.2) is 0 Å². The molecular weight excluding hydrogens is 446 g/mol. The van der Waals surface area contributed by atoms with Crippen molar-refractivity contribution in [2.24, 2.45) is 0 Å². The van der Waals surface area contributed by atoms with Gasteiger partial charge in [-0.1, -0.05) is 41.4 Å². The number of carbonyl (C=O) groups excluding carboxylic acids is 2. The summed E-state index contributed by atoms with van der Waals surface area (Å²) < 4.78 is 2.12. The van der Waals surface area contributed by atoms with Gasteiger partial charge in [0.1, 0.15) is 0 Å². The molecule has 2 amide bonds. The Morgan fingerprint density at radius 1 is 0.882 bits per heavy atom. The van der Waals surface area contributed by atoms with Crippen molar-refractivity contribution in [2.45, 2.75) is 20.3 Å². The molecule has 1 aliphatic rings. The predicted octanol–water partition coefficient (Wildman–Crippen LogP) is 6.20. The normalized spacial score (nSPS) is 12.5. The molecule has 34 heavy (non-hydrogen) atoms. The van der Waals surface area contributed by atoms with Crippen molar-refractivity contribution in [1.29, 1.82) is 0 Å². The minimum atomic E-state index is -0.209. The molecule has 3 aromatic carbocycles. The second kappa shape index (κ2) is 8.84. The van der Waals surface area contributed by atoms with Crippen molar-refractivity contribution in [3.8, 4) is 5.69 Å². The number of aromatic nitrogens is 1. The van der Waals surface area contributed by atoms with Crippen molar-refractivity contribution < 1.29 is 9.59 Å². The van der Waals surface area contributed by atoms with Crippen molar-refractivity contribution in [1.82, 2.24) is 4.57 Å². The molecule has 2 heterocycles. The molecule has 5 nitrogen and oxygen atoms in total. The number of aryl methyl sites for hydroxylation is 2. The van der Waals surface area contributed by atoms with Crippen LogP contribution in [-0.2, 0) is 6.42 Å². The van der Waals surface area contributed by atoms with Gasteiger partial charge in [0, 0.05) is 36.1 Å². The zero-order valence-electron chi connectivity index (χ0n) is 19.0. The molecule has 0 saturated heterocycles. The van der Waals surface area contributed by atoms with Gasteiger partial charge < -0.3 is 14.8 Å². The summed E-state index contributed by atoms with van der Waals surface area (Å²) in [6.07, 6.45) is 2.75. The molecule has 0 fully saturated rings. The molecule has 0 unspecified atom stereocenters. The van der Waals surface area contributed by atoms with E-state index in [4.69, 9.17) is 11.6 Å². The first kappa shape index (κ1) is 22.0. The number of benzene rings is 3. The summed E-state index contributed by atoms with van der Waals surface area (Å²) in [5.74, 6) is -0.379. The standard InChI is InChI=1S/C28H24ClN3O2/c1-18-9-10-19(2)23(16-18)27(33)30-20-11-12-22(24(29)17-20)28(34)32-15-13-21-6-5-14-31(21)25-7-3-4-8-26(25)32/h3-12,14,16-17H,13,15H2,1-2H3,(H,30,33). The summed E-state index contributed by atoms with van der Waals surface area (Å²) in [5, 5.41) is 3.19. The average molecular weight is 470 g/mol. The highest BCUT2D eigenvalue weighted by molar-refractivity contribution is 6.35. The lowest BCUT2D eigenvalue weighted by atomic mass is 10.0. The fourth-order valence-corrected chi connectivity index (χ4v) is 4.66. The third-order valence-corrected chi connectivity index (χ3v) is 6.51. The molecule has 0 atom stereocenters. The van der Waals surface area contributed by atoms with Crippen molar-refractivity contribution in [3.63, 3.8) is 0 Å². The first-order chi connectivity index (χ1) is 16.4. The van der Waals surface area contributed by atoms with Crippen LogP contribution in [0.25, 0.3) is 5.69 Å². The summed E-state index contributed by atoms with van der Waals surface area (Å²) in [5.41, 5.74) is 6.41. The highest BCUT2D eigenvalue weighted by Crippen LogP contribution is 2.32. The van der Waals surface area contributed by atoms with E-state index in [-0.39, 0.29) is 11.8 Å². The van der Waals surface area contributed by atoms with Gasteiger partial charge in [0.2, 0.25) is 0 Å². The Morgan fingerprint density at radius 3 is 2.47 bits per heavy atom. The molecule has 0 aliphatic carbocycles. The minimum Gasteiger partial charge on any atom is -0.322 e. The maximum Gasteiger partial charge on any atom is 0.259 e. The van der Waals surface area contributed by atoms with E-state index >= 15 is 0 Å². The van der Waals surface area contributed by atoms with Gasteiger partial charge in [0.25, 0.3) is 11.8 Å². The van der Waals surface area contributed by atoms with Crippen LogP contribution in [0, 0.1) is 13.8 Å². The van der Waals surface area contributed by atoms with Crippen LogP contribution >= 0.6 is 11.6 Å². The monoisotopic (exact) mass is 469 g/mol. The number of amides is 2. The average Bonchev–Trinajstić information content (AvgIpc) is 3.23. The molecule has 1 N–H and O–H groups in total. The van der Waals surface area contributed by atoms with E-state index in [9.17, 15) is 9.59 Å². The molecule has 4 aromatic rings. The van der Waals surface area contributed by atoms with Gasteiger partial charge in [-0.05, 0) is 67.9 Å². The van der Waals surface area contributed by atoms with E-state index in [1.165, 1.54) is 0 Å². The molecule has 1 aromatic heterocycles. The number of carbonyl (C=O) groups is 2. The highest BCUT2D eigenvalue weighted by Gasteiger charge is 2.26. The number of nitrogens with zero attached hydrogens (tertiary/aromatic N) is 2. The second-order valence-electron chi connectivity index (χ2n) is 8.53. The van der Waals surface area contributed by atoms with Gasteiger partial charge in [-0.15, -0.1) is 0 Å². The number of rotatable bonds is 3. The first-order valence-electron chi connectivity index (χ1n) is 11.2. The molecule has 0 saturated carbocycles. The van der Waals surface area contributed by atoms with Crippen LogP contribution in [0.1, 0.15) is 37.5 Å². The van der Waals surface area contributed by atoms with Gasteiger partial charge in [-0.25, -0.2) is 0 Å². The van der Waals surface area contributed by atoms with Gasteiger partial charge in [0.05, 0.1) is 22.0 Å². The fraction of sp³-hybridized carbons (Fsp3) is 0.143. The topological polar surface area (TPSA) is 54.3 Å². The van der Waals surface area contributed by atoms with Crippen LogP contribution in [0.5, 0.6) is 0 Å². The van der Waals surface area contributed by atoms with Crippen LogP contribution in [0.3, 0.4) is 0 Å². The smallest absolute Gasteiger partial charge is 0.259 e. The van der Waals surface area contributed by atoms with E-state index in [1.807, 2.05) is 68.6 Å². The SMILES string of the molecule is Cc1ccc(C)c(C(=O)Nc2ccc(C(=O)N3CCc4cccn4-c4ccccc43)c(Cl)c2)c1. The maximum absolute atomic E-state index is 13.6. The summed E-state index contributed by atoms with van der Waals surface area (Å²) in [6, 6.07) is 22.7. The number of anilines is 2. The summed E-state index contributed by atoms with van der Waals surface area (Å²) in [6.45, 7) is 4.39. The van der Waals surface area contributed by atoms with Crippen molar-refractivity contribution >= 4 is 34.8 Å². The van der Waals surface area contributed by atoms with Gasteiger partial charge in [-0.3, -0.25) is 9.59 Å². The van der Waals surface area contributed by atoms with E-state index in [0.29, 0.717) is 28.4 Å². The lowest BCUT2D eigenvalue weighted by Crippen LogP contribution is -2.32. The number of hydrogen-bond acceptors (Lipinski definition) is 2. The Bertz CT molecular complexity index is 1420. The van der Waals surface area contributed by atoms with Crippen LogP contribution < -0.4 is 10.2 Å². The highest BCUT2D eigenvalue weighted by atomic mass is 35.5. The maximum atomic E-state index is 13.6. The molecular formula is C28H24ClN3O2. The quantitative estimate of drug-likeness (QED) is 0.388. The summed E-state index contributed by atoms with van der Waals surface area (Å²) >= 11 is 6.56. The number of nitrogens with one attached hydrogen (secondary N) is 1. The Balaban J connectivity index is 1.42. The van der Waals surface area contributed by atoms with Gasteiger partial charge >= 0.3 is 0 Å². The Kier molecular flexibility index (Phi) is 5.72. The predicted molar refractivity (Wildman–Crippen MR) is 136 cm³/mol. The fourth-order valence-electron chi connectivity index (χ4n) is 4.40. The Morgan fingerprint density at radius 2 is 1.68 bits per heavy atom. The third-order valence-electron chi connectivity index (χ3n) is 6.20. The van der Waals surface area contributed by atoms with E-state index in [0.717, 1.165) is 34.6 Å². The number of para-hydroxylation sites is 2. The van der Waals surface area contributed by atoms with Crippen molar-refractivity contribution in [2.75, 3.05) is 16.8 Å². The number of hydrogen-bond donors (Lipinski definition) is 1. The van der Waals surface area contributed by atoms with Crippen LogP contribution in [0.15, 0.2) is 79.0 Å². The molecule has 0 spiro atoms. The molecule has 170 valence electrons. The van der Waals surface area contributed by atoms with Crippen LogP contribution in [0.4, 0.5) is 11.4 Å². The zero-order valence-corrected chi connectivity index (χ0v) is 19.8.